The topological polar surface area (TPSA) is 84.5 Å². The molecule has 0 saturated heterocycles. The number of aliphatic hydroxyl groups is 1. The van der Waals surface area contributed by atoms with Crippen molar-refractivity contribution in [1.29, 1.82) is 0 Å². The van der Waals surface area contributed by atoms with Gasteiger partial charge in [-0.05, 0) is 6.42 Å². The molecule has 1 aromatic heterocycles. The molecule has 8 heteroatoms. The van der Waals surface area contributed by atoms with Gasteiger partial charge < -0.3 is 20.5 Å². The highest BCUT2D eigenvalue weighted by molar-refractivity contribution is 5.67. The molecule has 108 valence electrons. The molecule has 0 spiro atoms. The molecular formula is C11H18F2N4O2. The van der Waals surface area contributed by atoms with E-state index >= 15 is 0 Å². The number of hydrogen-bond acceptors (Lipinski definition) is 6. The van der Waals surface area contributed by atoms with Crippen molar-refractivity contribution in [3.8, 4) is 5.88 Å². The average Bonchev–Trinajstić information content (AvgIpc) is 2.36. The largest absolute Gasteiger partial charge is 0.476 e. The standard InChI is InChI=1S/C11H18F2N4O2/c1-2-5-19-11-9(14)10(15-7-16-11)17(3-4-18)6-8(12)13/h7-8,18H,2-6,14H2,1H3. The van der Waals surface area contributed by atoms with Crippen LogP contribution in [0.1, 0.15) is 13.3 Å². The monoisotopic (exact) mass is 276 g/mol. The van der Waals surface area contributed by atoms with Crippen molar-refractivity contribution in [3.05, 3.63) is 6.33 Å². The van der Waals surface area contributed by atoms with Crippen molar-refractivity contribution >= 4 is 11.5 Å². The van der Waals surface area contributed by atoms with Crippen molar-refractivity contribution in [2.45, 2.75) is 19.8 Å². The molecule has 0 radical (unpaired) electrons. The molecule has 1 heterocycles. The predicted octanol–water partition coefficient (Wildman–Crippen LogP) is 0.911. The maximum Gasteiger partial charge on any atom is 0.255 e. The van der Waals surface area contributed by atoms with Crippen LogP contribution < -0.4 is 15.4 Å². The summed E-state index contributed by atoms with van der Waals surface area (Å²) >= 11 is 0. The maximum atomic E-state index is 12.5. The molecule has 19 heavy (non-hydrogen) atoms. The SMILES string of the molecule is CCCOc1ncnc(N(CCO)CC(F)F)c1N. The van der Waals surface area contributed by atoms with E-state index in [1.807, 2.05) is 6.92 Å². The van der Waals surface area contributed by atoms with E-state index in [4.69, 9.17) is 15.6 Å². The highest BCUT2D eigenvalue weighted by Crippen LogP contribution is 2.28. The molecule has 1 aromatic rings. The highest BCUT2D eigenvalue weighted by atomic mass is 19.3. The first-order valence-corrected chi connectivity index (χ1v) is 5.97. The van der Waals surface area contributed by atoms with Gasteiger partial charge in [0, 0.05) is 6.54 Å². The average molecular weight is 276 g/mol. The first-order valence-electron chi connectivity index (χ1n) is 5.97. The molecule has 0 aliphatic carbocycles. The van der Waals surface area contributed by atoms with Crippen molar-refractivity contribution in [1.82, 2.24) is 9.97 Å². The van der Waals surface area contributed by atoms with Crippen LogP contribution in [0.4, 0.5) is 20.3 Å². The Morgan fingerprint density at radius 1 is 1.47 bits per heavy atom. The Bertz CT molecular complexity index is 393. The summed E-state index contributed by atoms with van der Waals surface area (Å²) in [5.41, 5.74) is 5.91. The molecule has 3 N–H and O–H groups in total. The second-order valence-electron chi connectivity index (χ2n) is 3.83. The lowest BCUT2D eigenvalue weighted by atomic mass is 10.4. The van der Waals surface area contributed by atoms with Crippen LogP contribution in [0.15, 0.2) is 6.33 Å². The van der Waals surface area contributed by atoms with Gasteiger partial charge in [-0.3, -0.25) is 0 Å². The quantitative estimate of drug-likeness (QED) is 0.734. The number of nitrogen functional groups attached to an aromatic ring is 1. The van der Waals surface area contributed by atoms with Crippen LogP contribution >= 0.6 is 0 Å². The van der Waals surface area contributed by atoms with Crippen LogP contribution in [0.2, 0.25) is 0 Å². The van der Waals surface area contributed by atoms with Gasteiger partial charge in [-0.2, -0.15) is 4.98 Å². The van der Waals surface area contributed by atoms with Gasteiger partial charge in [0.15, 0.2) is 5.82 Å². The Kier molecular flexibility index (Phi) is 6.20. The van der Waals surface area contributed by atoms with Crippen LogP contribution in [0.3, 0.4) is 0 Å². The molecule has 0 amide bonds. The normalized spacial score (nSPS) is 10.8. The molecule has 0 saturated carbocycles. The third-order valence-corrected chi connectivity index (χ3v) is 2.30. The van der Waals surface area contributed by atoms with E-state index in [0.717, 1.165) is 6.42 Å². The number of anilines is 2. The van der Waals surface area contributed by atoms with E-state index in [9.17, 15) is 8.78 Å². The Balaban J connectivity index is 2.95. The summed E-state index contributed by atoms with van der Waals surface area (Å²) in [6.45, 7) is 1.53. The summed E-state index contributed by atoms with van der Waals surface area (Å²) < 4.78 is 30.3. The molecule has 0 fully saturated rings. The van der Waals surface area contributed by atoms with Crippen molar-refractivity contribution in [2.24, 2.45) is 0 Å². The van der Waals surface area contributed by atoms with Crippen molar-refractivity contribution < 1.29 is 18.6 Å². The fourth-order valence-electron chi connectivity index (χ4n) is 1.51. The smallest absolute Gasteiger partial charge is 0.255 e. The lowest BCUT2D eigenvalue weighted by Gasteiger charge is -2.23. The van der Waals surface area contributed by atoms with E-state index in [-0.39, 0.29) is 30.5 Å². The van der Waals surface area contributed by atoms with Gasteiger partial charge in [0.25, 0.3) is 6.43 Å². The third kappa shape index (κ3) is 4.47. The number of hydrogen-bond donors (Lipinski definition) is 2. The first-order chi connectivity index (χ1) is 9.10. The lowest BCUT2D eigenvalue weighted by Crippen LogP contribution is -2.33. The number of nitrogens with two attached hydrogens (primary N) is 1. The van der Waals surface area contributed by atoms with E-state index in [2.05, 4.69) is 9.97 Å². The zero-order valence-corrected chi connectivity index (χ0v) is 10.7. The summed E-state index contributed by atoms with van der Waals surface area (Å²) in [5.74, 6) is 0.319. The van der Waals surface area contributed by atoms with Gasteiger partial charge >= 0.3 is 0 Å². The lowest BCUT2D eigenvalue weighted by molar-refractivity contribution is 0.152. The van der Waals surface area contributed by atoms with Crippen molar-refractivity contribution in [2.75, 3.05) is 36.9 Å². The minimum atomic E-state index is -2.55. The Morgan fingerprint density at radius 3 is 2.79 bits per heavy atom. The van der Waals surface area contributed by atoms with Gasteiger partial charge in [-0.15, -0.1) is 0 Å². The molecule has 0 unspecified atom stereocenters. The van der Waals surface area contributed by atoms with E-state index in [1.54, 1.807) is 0 Å². The Hall–Kier alpha value is -1.70. The van der Waals surface area contributed by atoms with Gasteiger partial charge in [-0.25, -0.2) is 13.8 Å². The van der Waals surface area contributed by atoms with Crippen LogP contribution in [0, 0.1) is 0 Å². The number of alkyl halides is 2. The Labute approximate surface area is 110 Å². The number of halogens is 2. The fraction of sp³-hybridized carbons (Fsp3) is 0.636. The summed E-state index contributed by atoms with van der Waals surface area (Å²) in [7, 11) is 0. The summed E-state index contributed by atoms with van der Waals surface area (Å²) in [5, 5.41) is 8.91. The zero-order chi connectivity index (χ0) is 14.3. The van der Waals surface area contributed by atoms with Crippen LogP contribution in [-0.4, -0.2) is 47.8 Å². The van der Waals surface area contributed by atoms with Crippen LogP contribution in [0.5, 0.6) is 5.88 Å². The van der Waals surface area contributed by atoms with E-state index in [1.165, 1.54) is 11.2 Å². The summed E-state index contributed by atoms with van der Waals surface area (Å²) in [6, 6.07) is 0. The molecule has 6 nitrogen and oxygen atoms in total. The summed E-state index contributed by atoms with van der Waals surface area (Å²) in [4.78, 5) is 8.96. The second kappa shape index (κ2) is 7.67. The fourth-order valence-corrected chi connectivity index (χ4v) is 1.51. The van der Waals surface area contributed by atoms with Crippen LogP contribution in [-0.2, 0) is 0 Å². The number of rotatable bonds is 8. The number of ether oxygens (including phenoxy) is 1. The molecule has 0 aliphatic rings. The third-order valence-electron chi connectivity index (χ3n) is 2.30. The number of aromatic nitrogens is 2. The molecular weight excluding hydrogens is 258 g/mol. The zero-order valence-electron chi connectivity index (χ0n) is 10.7. The molecule has 1 rings (SSSR count). The van der Waals surface area contributed by atoms with Crippen LogP contribution in [0.25, 0.3) is 0 Å². The molecule has 0 aromatic carbocycles. The minimum Gasteiger partial charge on any atom is -0.476 e. The summed E-state index contributed by atoms with van der Waals surface area (Å²) in [6.07, 6.45) is -0.580. The van der Waals surface area contributed by atoms with Gasteiger partial charge in [0.2, 0.25) is 5.88 Å². The van der Waals surface area contributed by atoms with Crippen molar-refractivity contribution in [3.63, 3.8) is 0 Å². The molecule has 0 aliphatic heterocycles. The minimum absolute atomic E-state index is 0.0127. The van der Waals surface area contributed by atoms with E-state index in [0.29, 0.717) is 6.61 Å². The number of aliphatic hydroxyl groups excluding tert-OH is 1. The second-order valence-corrected chi connectivity index (χ2v) is 3.83. The first kappa shape index (κ1) is 15.4. The highest BCUT2D eigenvalue weighted by Gasteiger charge is 2.19. The number of nitrogens with zero attached hydrogens (tertiary/aromatic N) is 3. The van der Waals surface area contributed by atoms with Gasteiger partial charge in [0.1, 0.15) is 12.0 Å². The Morgan fingerprint density at radius 2 is 2.21 bits per heavy atom. The maximum absolute atomic E-state index is 12.5. The van der Waals surface area contributed by atoms with E-state index < -0.39 is 13.0 Å². The molecule has 0 atom stereocenters. The molecule has 0 bridgehead atoms. The van der Waals surface area contributed by atoms with Gasteiger partial charge in [-0.1, -0.05) is 6.92 Å². The predicted molar refractivity (Wildman–Crippen MR) is 67.5 cm³/mol. The van der Waals surface area contributed by atoms with Gasteiger partial charge in [0.05, 0.1) is 19.8 Å².